The van der Waals surface area contributed by atoms with Crippen molar-refractivity contribution in [3.8, 4) is 0 Å². The average Bonchev–Trinajstić information content (AvgIpc) is 2.25. The van der Waals surface area contributed by atoms with Gasteiger partial charge in [-0.15, -0.1) is 11.8 Å². The Morgan fingerprint density at radius 3 is 2.93 bits per heavy atom. The summed E-state index contributed by atoms with van der Waals surface area (Å²) >= 11 is 7.84. The van der Waals surface area contributed by atoms with E-state index in [1.54, 1.807) is 0 Å². The number of anilines is 1. The molecule has 1 aliphatic rings. The number of hydrogen-bond donors (Lipinski definition) is 1. The Bertz CT molecular complexity index is 376. The second-order valence-electron chi connectivity index (χ2n) is 3.70. The van der Waals surface area contributed by atoms with E-state index < -0.39 is 0 Å². The predicted octanol–water partition coefficient (Wildman–Crippen LogP) is 4.12. The zero-order valence-electron chi connectivity index (χ0n) is 8.45. The maximum atomic E-state index is 5.98. The van der Waals surface area contributed by atoms with Gasteiger partial charge in [0, 0.05) is 10.1 Å². The molecular weight excluding hydrogens is 226 g/mol. The molecule has 0 aromatic heterocycles. The highest BCUT2D eigenvalue weighted by Gasteiger charge is 2.10. The lowest BCUT2D eigenvalue weighted by Gasteiger charge is -2.15. The standard InChI is InChI=1S/C12H14ClNS/c13-11-8-10(6-7-12(11)14)15-9-4-2-1-3-5-9/h2,4,6-9H,1,3,5,14H2. The summed E-state index contributed by atoms with van der Waals surface area (Å²) < 4.78 is 0. The summed E-state index contributed by atoms with van der Waals surface area (Å²) in [7, 11) is 0. The lowest BCUT2D eigenvalue weighted by molar-refractivity contribution is 0.741. The van der Waals surface area contributed by atoms with E-state index in [2.05, 4.69) is 12.2 Å². The van der Waals surface area contributed by atoms with Crippen LogP contribution in [0.3, 0.4) is 0 Å². The highest BCUT2D eigenvalue weighted by Crippen LogP contribution is 2.32. The van der Waals surface area contributed by atoms with Gasteiger partial charge in [0.25, 0.3) is 0 Å². The first-order valence-corrected chi connectivity index (χ1v) is 6.40. The minimum absolute atomic E-state index is 0.596. The number of nitrogen functional groups attached to an aromatic ring is 1. The maximum Gasteiger partial charge on any atom is 0.0646 e. The van der Waals surface area contributed by atoms with Crippen molar-refractivity contribution in [2.45, 2.75) is 29.4 Å². The SMILES string of the molecule is Nc1ccc(SC2C=CCCC2)cc1Cl. The van der Waals surface area contributed by atoms with E-state index in [9.17, 15) is 0 Å². The molecule has 1 aromatic rings. The van der Waals surface area contributed by atoms with Crippen molar-refractivity contribution >= 4 is 29.1 Å². The Morgan fingerprint density at radius 2 is 2.27 bits per heavy atom. The maximum absolute atomic E-state index is 5.98. The van der Waals surface area contributed by atoms with Crippen molar-refractivity contribution in [1.29, 1.82) is 0 Å². The van der Waals surface area contributed by atoms with Gasteiger partial charge >= 0.3 is 0 Å². The van der Waals surface area contributed by atoms with Gasteiger partial charge in [-0.2, -0.15) is 0 Å². The van der Waals surface area contributed by atoms with Gasteiger partial charge in [-0.05, 0) is 37.5 Å². The third kappa shape index (κ3) is 2.93. The number of nitrogens with two attached hydrogens (primary N) is 1. The summed E-state index contributed by atoms with van der Waals surface area (Å²) in [5.41, 5.74) is 6.32. The third-order valence-corrected chi connectivity index (χ3v) is 4.02. The zero-order chi connectivity index (χ0) is 10.7. The van der Waals surface area contributed by atoms with E-state index in [4.69, 9.17) is 17.3 Å². The molecule has 1 nitrogen and oxygen atoms in total. The second kappa shape index (κ2) is 4.95. The van der Waals surface area contributed by atoms with Crippen LogP contribution in [-0.4, -0.2) is 5.25 Å². The fraction of sp³-hybridized carbons (Fsp3) is 0.333. The summed E-state index contributed by atoms with van der Waals surface area (Å²) in [4.78, 5) is 1.20. The highest BCUT2D eigenvalue weighted by atomic mass is 35.5. The van der Waals surface area contributed by atoms with Gasteiger partial charge in [0.1, 0.15) is 0 Å². The van der Waals surface area contributed by atoms with Crippen molar-refractivity contribution in [3.63, 3.8) is 0 Å². The van der Waals surface area contributed by atoms with E-state index in [0.717, 1.165) is 0 Å². The first kappa shape index (κ1) is 10.9. The van der Waals surface area contributed by atoms with Crippen molar-refractivity contribution in [1.82, 2.24) is 0 Å². The van der Waals surface area contributed by atoms with Crippen LogP contribution in [0.15, 0.2) is 35.2 Å². The van der Waals surface area contributed by atoms with Crippen LogP contribution in [0, 0.1) is 0 Å². The van der Waals surface area contributed by atoms with Crippen molar-refractivity contribution < 1.29 is 0 Å². The number of hydrogen-bond acceptors (Lipinski definition) is 2. The topological polar surface area (TPSA) is 26.0 Å². The molecular formula is C12H14ClNS. The molecule has 1 aliphatic carbocycles. The van der Waals surface area contributed by atoms with Crippen molar-refractivity contribution in [3.05, 3.63) is 35.4 Å². The molecule has 0 amide bonds. The minimum Gasteiger partial charge on any atom is -0.398 e. The van der Waals surface area contributed by atoms with Gasteiger partial charge in [0.2, 0.25) is 0 Å². The molecule has 0 fully saturated rings. The van der Waals surface area contributed by atoms with Gasteiger partial charge < -0.3 is 5.73 Å². The monoisotopic (exact) mass is 239 g/mol. The highest BCUT2D eigenvalue weighted by molar-refractivity contribution is 8.00. The van der Waals surface area contributed by atoms with Crippen LogP contribution in [-0.2, 0) is 0 Å². The van der Waals surface area contributed by atoms with Crippen LogP contribution in [0.5, 0.6) is 0 Å². The molecule has 0 radical (unpaired) electrons. The molecule has 3 heteroatoms. The summed E-state index contributed by atoms with van der Waals surface area (Å²) in [5, 5.41) is 1.25. The average molecular weight is 240 g/mol. The minimum atomic E-state index is 0.596. The Hall–Kier alpha value is -0.600. The third-order valence-electron chi connectivity index (χ3n) is 2.47. The Kier molecular flexibility index (Phi) is 3.60. The second-order valence-corrected chi connectivity index (χ2v) is 5.42. The molecule has 80 valence electrons. The molecule has 1 aromatic carbocycles. The van der Waals surface area contributed by atoms with Gasteiger partial charge in [-0.3, -0.25) is 0 Å². The smallest absolute Gasteiger partial charge is 0.0646 e. The molecule has 2 N–H and O–H groups in total. The van der Waals surface area contributed by atoms with E-state index >= 15 is 0 Å². The van der Waals surface area contributed by atoms with Gasteiger partial charge in [-0.25, -0.2) is 0 Å². The number of rotatable bonds is 2. The van der Waals surface area contributed by atoms with Crippen LogP contribution in [0.4, 0.5) is 5.69 Å². The summed E-state index contributed by atoms with van der Waals surface area (Å²) in [6.45, 7) is 0. The van der Waals surface area contributed by atoms with Crippen LogP contribution in [0.2, 0.25) is 5.02 Å². The lowest BCUT2D eigenvalue weighted by atomic mass is 10.1. The Labute approximate surface area is 99.7 Å². The van der Waals surface area contributed by atoms with Crippen molar-refractivity contribution in [2.75, 3.05) is 5.73 Å². The molecule has 1 unspecified atom stereocenters. The molecule has 2 rings (SSSR count). The summed E-state index contributed by atoms with van der Waals surface area (Å²) in [5.74, 6) is 0. The van der Waals surface area contributed by atoms with Gasteiger partial charge in [0.15, 0.2) is 0 Å². The zero-order valence-corrected chi connectivity index (χ0v) is 10.0. The van der Waals surface area contributed by atoms with Crippen LogP contribution in [0.1, 0.15) is 19.3 Å². The van der Waals surface area contributed by atoms with Crippen LogP contribution >= 0.6 is 23.4 Å². The molecule has 0 spiro atoms. The van der Waals surface area contributed by atoms with Gasteiger partial charge in [-0.1, -0.05) is 23.8 Å². The quantitative estimate of drug-likeness (QED) is 0.621. The fourth-order valence-corrected chi connectivity index (χ4v) is 3.04. The first-order chi connectivity index (χ1) is 7.25. The first-order valence-electron chi connectivity index (χ1n) is 5.14. The Morgan fingerprint density at radius 1 is 1.40 bits per heavy atom. The van der Waals surface area contributed by atoms with Crippen LogP contribution in [0.25, 0.3) is 0 Å². The fourth-order valence-electron chi connectivity index (χ4n) is 1.64. The van der Waals surface area contributed by atoms with E-state index in [1.165, 1.54) is 24.2 Å². The largest absolute Gasteiger partial charge is 0.398 e. The molecule has 1 atom stereocenters. The summed E-state index contributed by atoms with van der Waals surface area (Å²) in [6.07, 6.45) is 8.32. The molecule has 15 heavy (non-hydrogen) atoms. The number of thioether (sulfide) groups is 1. The Balaban J connectivity index is 2.07. The van der Waals surface area contributed by atoms with Crippen molar-refractivity contribution in [2.24, 2.45) is 0 Å². The number of halogens is 1. The predicted molar refractivity (Wildman–Crippen MR) is 68.5 cm³/mol. The number of allylic oxidation sites excluding steroid dienone is 1. The summed E-state index contributed by atoms with van der Waals surface area (Å²) in [6, 6.07) is 5.86. The van der Waals surface area contributed by atoms with E-state index in [1.807, 2.05) is 30.0 Å². The molecule has 0 saturated carbocycles. The van der Waals surface area contributed by atoms with Gasteiger partial charge in [0.05, 0.1) is 10.7 Å². The number of benzene rings is 1. The van der Waals surface area contributed by atoms with E-state index in [0.29, 0.717) is 16.0 Å². The molecule has 0 heterocycles. The molecule has 0 bridgehead atoms. The lowest BCUT2D eigenvalue weighted by Crippen LogP contribution is -2.01. The van der Waals surface area contributed by atoms with Crippen LogP contribution < -0.4 is 5.73 Å². The molecule has 0 saturated heterocycles. The molecule has 0 aliphatic heterocycles. The van der Waals surface area contributed by atoms with E-state index in [-0.39, 0.29) is 0 Å². The normalized spacial score (nSPS) is 20.5.